The minimum atomic E-state index is -3.82. The minimum Gasteiger partial charge on any atom is -0.480 e. The fraction of sp³-hybridized carbons (Fsp3) is 0.917. The van der Waals surface area contributed by atoms with Crippen molar-refractivity contribution < 1.29 is 23.4 Å². The van der Waals surface area contributed by atoms with Crippen LogP contribution in [0.4, 0.5) is 0 Å². The summed E-state index contributed by atoms with van der Waals surface area (Å²) in [5.74, 6) is -1.10. The largest absolute Gasteiger partial charge is 0.480 e. The summed E-state index contributed by atoms with van der Waals surface area (Å²) in [6.07, 6.45) is 2.88. The number of aliphatic hydroxyl groups is 1. The number of hydrogen-bond acceptors (Lipinski definition) is 4. The summed E-state index contributed by atoms with van der Waals surface area (Å²) >= 11 is 0. The number of nitrogens with zero attached hydrogens (tertiary/aromatic N) is 2. The highest BCUT2D eigenvalue weighted by atomic mass is 32.2. The lowest BCUT2D eigenvalue weighted by atomic mass is 9.97. The number of carbonyl (C=O) groups is 1. The van der Waals surface area contributed by atoms with Crippen LogP contribution in [-0.2, 0) is 15.0 Å². The first kappa shape index (κ1) is 15.7. The maximum atomic E-state index is 12.6. The van der Waals surface area contributed by atoms with Gasteiger partial charge in [-0.1, -0.05) is 0 Å². The number of aliphatic carboxylic acids is 1. The predicted molar refractivity (Wildman–Crippen MR) is 72.3 cm³/mol. The van der Waals surface area contributed by atoms with Gasteiger partial charge >= 0.3 is 5.97 Å². The molecule has 7 nitrogen and oxygen atoms in total. The van der Waals surface area contributed by atoms with Crippen molar-refractivity contribution in [2.24, 2.45) is 0 Å². The summed E-state index contributed by atoms with van der Waals surface area (Å²) in [7, 11) is -3.82. The van der Waals surface area contributed by atoms with E-state index in [0.717, 1.165) is 10.7 Å². The molecule has 0 aromatic carbocycles. The molecule has 2 fully saturated rings. The first-order valence-corrected chi connectivity index (χ1v) is 8.36. The van der Waals surface area contributed by atoms with Crippen molar-refractivity contribution in [2.75, 3.05) is 19.6 Å². The maximum absolute atomic E-state index is 12.6. The molecule has 116 valence electrons. The van der Waals surface area contributed by atoms with Gasteiger partial charge < -0.3 is 10.2 Å². The molecule has 0 spiro atoms. The fourth-order valence-corrected chi connectivity index (χ4v) is 4.92. The molecule has 0 aliphatic carbocycles. The van der Waals surface area contributed by atoms with Crippen LogP contribution in [0.1, 0.15) is 39.0 Å². The van der Waals surface area contributed by atoms with Crippen molar-refractivity contribution in [3.05, 3.63) is 0 Å². The average molecular weight is 306 g/mol. The number of piperidine rings is 2. The van der Waals surface area contributed by atoms with Gasteiger partial charge in [-0.3, -0.25) is 4.79 Å². The third kappa shape index (κ3) is 3.13. The Kier molecular flexibility index (Phi) is 4.38. The predicted octanol–water partition coefficient (Wildman–Crippen LogP) is 0.0171. The van der Waals surface area contributed by atoms with E-state index >= 15 is 0 Å². The van der Waals surface area contributed by atoms with E-state index in [-0.39, 0.29) is 13.1 Å². The molecule has 8 heteroatoms. The van der Waals surface area contributed by atoms with Gasteiger partial charge in [0.25, 0.3) is 10.2 Å². The lowest BCUT2D eigenvalue weighted by Crippen LogP contribution is -2.57. The first-order chi connectivity index (χ1) is 9.24. The smallest absolute Gasteiger partial charge is 0.322 e. The molecule has 2 aliphatic heterocycles. The molecule has 2 atom stereocenters. The van der Waals surface area contributed by atoms with Crippen LogP contribution in [0.25, 0.3) is 0 Å². The Hall–Kier alpha value is -0.700. The lowest BCUT2D eigenvalue weighted by Gasteiger charge is -2.41. The fourth-order valence-electron chi connectivity index (χ4n) is 2.95. The Balaban J connectivity index is 2.22. The molecular formula is C12H22N2O5S. The van der Waals surface area contributed by atoms with E-state index in [1.165, 1.54) is 4.31 Å². The van der Waals surface area contributed by atoms with E-state index in [1.54, 1.807) is 6.92 Å². The van der Waals surface area contributed by atoms with Crippen molar-refractivity contribution >= 4 is 16.2 Å². The highest BCUT2D eigenvalue weighted by molar-refractivity contribution is 7.86. The molecule has 2 aliphatic rings. The van der Waals surface area contributed by atoms with E-state index in [1.807, 2.05) is 0 Å². The molecule has 20 heavy (non-hydrogen) atoms. The van der Waals surface area contributed by atoms with E-state index in [0.29, 0.717) is 32.2 Å². The molecule has 2 N–H and O–H groups in total. The molecule has 2 unspecified atom stereocenters. The van der Waals surface area contributed by atoms with Gasteiger partial charge in [-0.2, -0.15) is 17.0 Å². The van der Waals surface area contributed by atoms with Crippen molar-refractivity contribution in [2.45, 2.75) is 50.7 Å². The standard InChI is InChI=1S/C12H22N2O5S/c1-12(17)6-4-7-13(9-12)20(18,19)14-8-3-2-5-10(14)11(15)16/h10,17H,2-9H2,1H3,(H,15,16). The zero-order valence-corrected chi connectivity index (χ0v) is 12.5. The molecule has 2 saturated heterocycles. The lowest BCUT2D eigenvalue weighted by molar-refractivity contribution is -0.142. The third-order valence-electron chi connectivity index (χ3n) is 4.00. The molecule has 2 rings (SSSR count). The number of carboxylic acids is 1. The molecule has 0 bridgehead atoms. The van der Waals surface area contributed by atoms with Crippen LogP contribution in [0.15, 0.2) is 0 Å². The monoisotopic (exact) mass is 306 g/mol. The van der Waals surface area contributed by atoms with Gasteiger partial charge in [0.1, 0.15) is 6.04 Å². The van der Waals surface area contributed by atoms with Gasteiger partial charge in [0.2, 0.25) is 0 Å². The Morgan fingerprint density at radius 1 is 1.25 bits per heavy atom. The molecule has 0 amide bonds. The number of hydrogen-bond donors (Lipinski definition) is 2. The highest BCUT2D eigenvalue weighted by Crippen LogP contribution is 2.28. The third-order valence-corrected chi connectivity index (χ3v) is 6.00. The molecular weight excluding hydrogens is 284 g/mol. The van der Waals surface area contributed by atoms with Gasteiger partial charge in [-0.15, -0.1) is 0 Å². The van der Waals surface area contributed by atoms with E-state index in [9.17, 15) is 23.4 Å². The zero-order valence-electron chi connectivity index (χ0n) is 11.7. The van der Waals surface area contributed by atoms with Crippen molar-refractivity contribution in [3.8, 4) is 0 Å². The normalized spacial score (nSPS) is 34.0. The Labute approximate surface area is 119 Å². The van der Waals surface area contributed by atoms with Crippen LogP contribution in [0, 0.1) is 0 Å². The van der Waals surface area contributed by atoms with Gasteiger partial charge in [-0.25, -0.2) is 0 Å². The van der Waals surface area contributed by atoms with Crippen LogP contribution in [0.3, 0.4) is 0 Å². The summed E-state index contributed by atoms with van der Waals surface area (Å²) in [6.45, 7) is 2.21. The van der Waals surface area contributed by atoms with Gasteiger partial charge in [0.05, 0.1) is 5.60 Å². The molecule has 0 aromatic rings. The summed E-state index contributed by atoms with van der Waals surface area (Å²) < 4.78 is 27.5. The second-order valence-corrected chi connectivity index (χ2v) is 7.78. The summed E-state index contributed by atoms with van der Waals surface area (Å²) in [5, 5.41) is 19.2. The topological polar surface area (TPSA) is 98.2 Å². The van der Waals surface area contributed by atoms with Crippen LogP contribution >= 0.6 is 0 Å². The molecule has 0 radical (unpaired) electrons. The van der Waals surface area contributed by atoms with Gasteiger partial charge in [0, 0.05) is 19.6 Å². The van der Waals surface area contributed by atoms with Gasteiger partial charge in [0.15, 0.2) is 0 Å². The highest BCUT2D eigenvalue weighted by Gasteiger charge is 2.43. The maximum Gasteiger partial charge on any atom is 0.322 e. The van der Waals surface area contributed by atoms with Crippen LogP contribution < -0.4 is 0 Å². The second-order valence-electron chi connectivity index (χ2n) is 5.90. The van der Waals surface area contributed by atoms with Crippen LogP contribution in [-0.4, -0.2) is 64.5 Å². The van der Waals surface area contributed by atoms with E-state index in [4.69, 9.17) is 0 Å². The zero-order chi connectivity index (χ0) is 15.0. The number of β-amino-alcohol motifs (C(OH)–C–C–N with tert-alkyl or cyclic N) is 1. The molecule has 2 heterocycles. The summed E-state index contributed by atoms with van der Waals surface area (Å²) in [4.78, 5) is 11.2. The Morgan fingerprint density at radius 3 is 2.55 bits per heavy atom. The quantitative estimate of drug-likeness (QED) is 0.766. The number of rotatable bonds is 3. The molecule has 0 aromatic heterocycles. The van der Waals surface area contributed by atoms with Gasteiger partial charge in [-0.05, 0) is 39.0 Å². The Bertz CT molecular complexity index is 476. The van der Waals surface area contributed by atoms with Crippen LogP contribution in [0.2, 0.25) is 0 Å². The second kappa shape index (κ2) is 5.59. The molecule has 0 saturated carbocycles. The summed E-state index contributed by atoms with van der Waals surface area (Å²) in [6, 6.07) is -0.986. The minimum absolute atomic E-state index is 0.0260. The van der Waals surface area contributed by atoms with Crippen molar-refractivity contribution in [1.29, 1.82) is 0 Å². The van der Waals surface area contributed by atoms with E-state index in [2.05, 4.69) is 0 Å². The van der Waals surface area contributed by atoms with Crippen LogP contribution in [0.5, 0.6) is 0 Å². The SMILES string of the molecule is CC1(O)CCCN(S(=O)(=O)N2CCCCC2C(=O)O)C1. The average Bonchev–Trinajstić information content (AvgIpc) is 2.37. The Morgan fingerprint density at radius 2 is 1.95 bits per heavy atom. The number of carboxylic acid groups (broad SMARTS) is 1. The van der Waals surface area contributed by atoms with E-state index < -0.39 is 27.8 Å². The summed E-state index contributed by atoms with van der Waals surface area (Å²) in [5.41, 5.74) is -1.04. The van der Waals surface area contributed by atoms with Crippen molar-refractivity contribution in [3.63, 3.8) is 0 Å². The van der Waals surface area contributed by atoms with Crippen molar-refractivity contribution in [1.82, 2.24) is 8.61 Å². The first-order valence-electron chi connectivity index (χ1n) is 6.96.